The molecule has 3 N–H and O–H groups in total. The number of hydrogen-bond donors (Lipinski definition) is 2. The first-order valence-corrected chi connectivity index (χ1v) is 8.75. The Balaban J connectivity index is 1.64. The summed E-state index contributed by atoms with van der Waals surface area (Å²) in [5.41, 5.74) is 6.94. The Morgan fingerprint density at radius 3 is 2.07 bits per heavy atom. The molecule has 142 valence electrons. The molecule has 0 aliphatic carbocycles. The first-order valence-electron chi connectivity index (χ1n) is 8.75. The van der Waals surface area contributed by atoms with Crippen molar-refractivity contribution in [3.05, 3.63) is 95.1 Å². The molecule has 0 radical (unpaired) electrons. The molecule has 0 atom stereocenters. The van der Waals surface area contributed by atoms with E-state index in [1.165, 1.54) is 12.1 Å². The Morgan fingerprint density at radius 1 is 0.793 bits per heavy atom. The Kier molecular flexibility index (Phi) is 4.40. The molecule has 3 aromatic carbocycles. The van der Waals surface area contributed by atoms with Crippen LogP contribution in [0.1, 0.15) is 41.4 Å². The van der Waals surface area contributed by atoms with Crippen LogP contribution in [0.5, 0.6) is 0 Å². The van der Waals surface area contributed by atoms with Crippen molar-refractivity contribution in [3.63, 3.8) is 0 Å². The topological polar surface area (TPSA) is 110 Å². The Bertz CT molecular complexity index is 1150. The quantitative estimate of drug-likeness (QED) is 0.673. The van der Waals surface area contributed by atoms with Crippen molar-refractivity contribution in [1.82, 2.24) is 0 Å². The van der Waals surface area contributed by atoms with Crippen LogP contribution >= 0.6 is 0 Å². The van der Waals surface area contributed by atoms with Gasteiger partial charge >= 0.3 is 0 Å². The van der Waals surface area contributed by atoms with Gasteiger partial charge in [-0.15, -0.1) is 0 Å². The minimum Gasteiger partial charge on any atom is -0.366 e. The first-order chi connectivity index (χ1) is 14.0. The van der Waals surface area contributed by atoms with Gasteiger partial charge in [-0.25, -0.2) is 4.90 Å². The zero-order chi connectivity index (χ0) is 20.5. The summed E-state index contributed by atoms with van der Waals surface area (Å²) in [6.07, 6.45) is 0. The van der Waals surface area contributed by atoms with E-state index in [2.05, 4.69) is 5.32 Å². The fraction of sp³-hybridized carbons (Fsp3) is 0. The highest BCUT2D eigenvalue weighted by Crippen LogP contribution is 2.29. The molecular weight excluding hydrogens is 370 g/mol. The van der Waals surface area contributed by atoms with Gasteiger partial charge in [-0.1, -0.05) is 30.3 Å². The maximum Gasteiger partial charge on any atom is 0.266 e. The summed E-state index contributed by atoms with van der Waals surface area (Å²) in [6.45, 7) is 0. The minimum atomic E-state index is -0.666. The molecule has 7 heteroatoms. The van der Waals surface area contributed by atoms with Gasteiger partial charge in [0, 0.05) is 5.56 Å². The van der Waals surface area contributed by atoms with Gasteiger partial charge in [-0.05, 0) is 42.5 Å². The first kappa shape index (κ1) is 18.1. The Hall–Kier alpha value is -4.26. The Morgan fingerprint density at radius 2 is 1.41 bits per heavy atom. The normalized spacial score (nSPS) is 12.6. The van der Waals surface area contributed by atoms with E-state index in [-0.39, 0.29) is 22.5 Å². The third-order valence-electron chi connectivity index (χ3n) is 4.60. The van der Waals surface area contributed by atoms with Crippen molar-refractivity contribution >= 4 is 35.0 Å². The molecule has 4 rings (SSSR count). The summed E-state index contributed by atoms with van der Waals surface area (Å²) in [6, 6.07) is 19.1. The van der Waals surface area contributed by atoms with Crippen LogP contribution in [-0.2, 0) is 0 Å². The lowest BCUT2D eigenvalue weighted by atomic mass is 10.1. The number of anilines is 2. The van der Waals surface area contributed by atoms with Gasteiger partial charge in [0.1, 0.15) is 0 Å². The molecule has 1 aliphatic heterocycles. The lowest BCUT2D eigenvalue weighted by molar-refractivity contribution is 0.0922. The molecule has 0 spiro atoms. The smallest absolute Gasteiger partial charge is 0.266 e. The molecule has 0 unspecified atom stereocenters. The van der Waals surface area contributed by atoms with Crippen LogP contribution in [0, 0.1) is 0 Å². The second-order valence-electron chi connectivity index (χ2n) is 6.41. The maximum atomic E-state index is 12.7. The lowest BCUT2D eigenvalue weighted by Gasteiger charge is -2.15. The lowest BCUT2D eigenvalue weighted by Crippen LogP contribution is -2.29. The fourth-order valence-electron chi connectivity index (χ4n) is 3.21. The predicted molar refractivity (Wildman–Crippen MR) is 107 cm³/mol. The molecular formula is C22H15N3O4. The number of para-hydroxylation sites is 1. The van der Waals surface area contributed by atoms with Gasteiger partial charge in [0.25, 0.3) is 23.6 Å². The van der Waals surface area contributed by atoms with Gasteiger partial charge in [0.15, 0.2) is 0 Å². The molecule has 29 heavy (non-hydrogen) atoms. The van der Waals surface area contributed by atoms with Crippen LogP contribution in [-0.4, -0.2) is 23.6 Å². The van der Waals surface area contributed by atoms with Gasteiger partial charge in [-0.3, -0.25) is 19.2 Å². The average Bonchev–Trinajstić information content (AvgIpc) is 2.99. The van der Waals surface area contributed by atoms with Crippen LogP contribution in [0.15, 0.2) is 72.8 Å². The summed E-state index contributed by atoms with van der Waals surface area (Å²) in [7, 11) is 0. The molecule has 0 bridgehead atoms. The van der Waals surface area contributed by atoms with Crippen LogP contribution < -0.4 is 16.0 Å². The maximum absolute atomic E-state index is 12.7. The van der Waals surface area contributed by atoms with Crippen molar-refractivity contribution < 1.29 is 19.2 Å². The van der Waals surface area contributed by atoms with Crippen molar-refractivity contribution in [1.29, 1.82) is 0 Å². The van der Waals surface area contributed by atoms with Crippen molar-refractivity contribution in [2.75, 3.05) is 10.2 Å². The third kappa shape index (κ3) is 3.14. The number of amides is 4. The van der Waals surface area contributed by atoms with Gasteiger partial charge < -0.3 is 11.1 Å². The predicted octanol–water partition coefficient (Wildman–Crippen LogP) is 2.84. The molecule has 4 amide bonds. The SMILES string of the molecule is NC(=O)c1ccccc1NC(=O)c1cccc(N2C(=O)c3ccccc3C2=O)c1. The monoisotopic (exact) mass is 385 g/mol. The number of benzene rings is 3. The van der Waals surface area contributed by atoms with E-state index in [1.807, 2.05) is 0 Å². The highest BCUT2D eigenvalue weighted by Gasteiger charge is 2.36. The molecule has 0 aromatic heterocycles. The fourth-order valence-corrected chi connectivity index (χ4v) is 3.21. The standard InChI is InChI=1S/C22H15N3O4/c23-19(26)17-10-3-4-11-18(17)24-20(27)13-6-5-7-14(12-13)25-21(28)15-8-1-2-9-16(15)22(25)29/h1-12H,(H2,23,26)(H,24,27). The number of carbonyl (C=O) groups excluding carboxylic acids is 4. The second-order valence-corrected chi connectivity index (χ2v) is 6.41. The largest absolute Gasteiger partial charge is 0.366 e. The summed E-state index contributed by atoms with van der Waals surface area (Å²) in [5, 5.41) is 2.64. The zero-order valence-corrected chi connectivity index (χ0v) is 15.1. The molecule has 1 heterocycles. The van der Waals surface area contributed by atoms with Gasteiger partial charge in [0.2, 0.25) is 0 Å². The number of hydrogen-bond acceptors (Lipinski definition) is 4. The number of nitrogens with two attached hydrogens (primary N) is 1. The molecule has 0 saturated carbocycles. The Labute approximate surface area is 165 Å². The van der Waals surface area contributed by atoms with Crippen molar-refractivity contribution in [2.24, 2.45) is 5.73 Å². The van der Waals surface area contributed by atoms with Crippen LogP contribution in [0.2, 0.25) is 0 Å². The van der Waals surface area contributed by atoms with Crippen LogP contribution in [0.25, 0.3) is 0 Å². The van der Waals surface area contributed by atoms with Gasteiger partial charge in [-0.2, -0.15) is 0 Å². The number of fused-ring (bicyclic) bond motifs is 1. The number of primary amides is 1. The number of carbonyl (C=O) groups is 4. The molecule has 7 nitrogen and oxygen atoms in total. The molecule has 3 aromatic rings. The highest BCUT2D eigenvalue weighted by atomic mass is 16.2. The zero-order valence-electron chi connectivity index (χ0n) is 15.1. The number of imide groups is 1. The summed E-state index contributed by atoms with van der Waals surface area (Å²) >= 11 is 0. The molecule has 0 saturated heterocycles. The van der Waals surface area contributed by atoms with E-state index in [1.54, 1.807) is 60.7 Å². The second kappa shape index (κ2) is 7.05. The van der Waals surface area contributed by atoms with E-state index in [4.69, 9.17) is 5.73 Å². The average molecular weight is 385 g/mol. The van der Waals surface area contributed by atoms with Crippen molar-refractivity contribution in [2.45, 2.75) is 0 Å². The van der Waals surface area contributed by atoms with E-state index >= 15 is 0 Å². The number of rotatable bonds is 4. The minimum absolute atomic E-state index is 0.178. The van der Waals surface area contributed by atoms with E-state index in [0.29, 0.717) is 11.1 Å². The summed E-state index contributed by atoms with van der Waals surface area (Å²) in [4.78, 5) is 50.6. The highest BCUT2D eigenvalue weighted by molar-refractivity contribution is 6.34. The molecule has 1 aliphatic rings. The third-order valence-corrected chi connectivity index (χ3v) is 4.60. The van der Waals surface area contributed by atoms with Crippen molar-refractivity contribution in [3.8, 4) is 0 Å². The number of nitrogens with one attached hydrogen (secondary N) is 1. The molecule has 0 fully saturated rings. The van der Waals surface area contributed by atoms with E-state index < -0.39 is 23.6 Å². The van der Waals surface area contributed by atoms with Crippen LogP contribution in [0.3, 0.4) is 0 Å². The summed E-state index contributed by atoms with van der Waals surface area (Å²) < 4.78 is 0. The van der Waals surface area contributed by atoms with E-state index in [0.717, 1.165) is 4.90 Å². The number of nitrogens with zero attached hydrogens (tertiary/aromatic N) is 1. The van der Waals surface area contributed by atoms with Gasteiger partial charge in [0.05, 0.1) is 28.1 Å². The van der Waals surface area contributed by atoms with Crippen LogP contribution in [0.4, 0.5) is 11.4 Å². The summed E-state index contributed by atoms with van der Waals surface area (Å²) in [5.74, 6) is -2.05. The van der Waals surface area contributed by atoms with E-state index in [9.17, 15) is 19.2 Å².